The molecule has 1 atom stereocenters. The highest BCUT2D eigenvalue weighted by atomic mass is 32.2. The van der Waals surface area contributed by atoms with Gasteiger partial charge in [0.15, 0.2) is 0 Å². The van der Waals surface area contributed by atoms with E-state index < -0.39 is 5.97 Å². The SMILES string of the molecule is C[C@H](C(=O)NCCSCC(=O)O)c1ccccc1. The van der Waals surface area contributed by atoms with Crippen molar-refractivity contribution < 1.29 is 14.7 Å². The summed E-state index contributed by atoms with van der Waals surface area (Å²) in [7, 11) is 0. The number of carbonyl (C=O) groups excluding carboxylic acids is 1. The molecule has 1 rings (SSSR count). The van der Waals surface area contributed by atoms with Gasteiger partial charge in [-0.2, -0.15) is 0 Å². The normalized spacial score (nSPS) is 11.8. The first kappa shape index (κ1) is 14.6. The largest absolute Gasteiger partial charge is 0.481 e. The number of benzene rings is 1. The molecular formula is C13H17NO3S. The first-order valence-corrected chi connectivity index (χ1v) is 6.89. The van der Waals surface area contributed by atoms with Gasteiger partial charge in [-0.25, -0.2) is 0 Å². The number of thioether (sulfide) groups is 1. The summed E-state index contributed by atoms with van der Waals surface area (Å²) in [6.45, 7) is 2.35. The van der Waals surface area contributed by atoms with E-state index in [1.807, 2.05) is 37.3 Å². The van der Waals surface area contributed by atoms with Crippen molar-refractivity contribution in [1.82, 2.24) is 5.32 Å². The maximum Gasteiger partial charge on any atom is 0.313 e. The van der Waals surface area contributed by atoms with Crippen LogP contribution in [0.2, 0.25) is 0 Å². The Morgan fingerprint density at radius 2 is 2.00 bits per heavy atom. The zero-order chi connectivity index (χ0) is 13.4. The van der Waals surface area contributed by atoms with E-state index in [9.17, 15) is 9.59 Å². The van der Waals surface area contributed by atoms with Crippen molar-refractivity contribution in [3.8, 4) is 0 Å². The van der Waals surface area contributed by atoms with E-state index >= 15 is 0 Å². The standard InChI is InChI=1S/C13H17NO3S/c1-10(11-5-3-2-4-6-11)13(17)14-7-8-18-9-12(15)16/h2-6,10H,7-9H2,1H3,(H,14,17)(H,15,16)/t10-/m0/s1. The zero-order valence-electron chi connectivity index (χ0n) is 10.3. The maximum absolute atomic E-state index is 11.8. The second-order valence-corrected chi connectivity index (χ2v) is 4.97. The highest BCUT2D eigenvalue weighted by molar-refractivity contribution is 7.99. The third kappa shape index (κ3) is 5.23. The van der Waals surface area contributed by atoms with Crippen LogP contribution < -0.4 is 5.32 Å². The van der Waals surface area contributed by atoms with Crippen molar-refractivity contribution in [1.29, 1.82) is 0 Å². The lowest BCUT2D eigenvalue weighted by molar-refractivity contribution is -0.133. The van der Waals surface area contributed by atoms with Crippen molar-refractivity contribution in [2.45, 2.75) is 12.8 Å². The molecule has 4 nitrogen and oxygen atoms in total. The smallest absolute Gasteiger partial charge is 0.313 e. The fraction of sp³-hybridized carbons (Fsp3) is 0.385. The van der Waals surface area contributed by atoms with Crippen LogP contribution in [0.1, 0.15) is 18.4 Å². The molecule has 0 aliphatic heterocycles. The van der Waals surface area contributed by atoms with Gasteiger partial charge in [-0.15, -0.1) is 11.8 Å². The highest BCUT2D eigenvalue weighted by Crippen LogP contribution is 2.14. The quantitative estimate of drug-likeness (QED) is 0.738. The lowest BCUT2D eigenvalue weighted by Gasteiger charge is -2.12. The van der Waals surface area contributed by atoms with E-state index in [4.69, 9.17) is 5.11 Å². The van der Waals surface area contributed by atoms with Gasteiger partial charge in [-0.1, -0.05) is 30.3 Å². The molecule has 0 saturated carbocycles. The molecule has 0 saturated heterocycles. The molecule has 0 fully saturated rings. The Morgan fingerprint density at radius 1 is 1.33 bits per heavy atom. The minimum atomic E-state index is -0.830. The Kier molecular flexibility index (Phi) is 6.28. The zero-order valence-corrected chi connectivity index (χ0v) is 11.1. The number of rotatable bonds is 7. The van der Waals surface area contributed by atoms with E-state index in [-0.39, 0.29) is 17.6 Å². The first-order valence-electron chi connectivity index (χ1n) is 5.73. The molecule has 1 aromatic carbocycles. The average molecular weight is 267 g/mol. The third-order valence-corrected chi connectivity index (χ3v) is 3.41. The molecule has 18 heavy (non-hydrogen) atoms. The van der Waals surface area contributed by atoms with Crippen LogP contribution in [-0.4, -0.2) is 35.0 Å². The molecule has 0 spiro atoms. The van der Waals surface area contributed by atoms with Gasteiger partial charge >= 0.3 is 5.97 Å². The molecule has 1 amide bonds. The monoisotopic (exact) mass is 267 g/mol. The summed E-state index contributed by atoms with van der Waals surface area (Å²) in [5, 5.41) is 11.3. The van der Waals surface area contributed by atoms with E-state index in [1.165, 1.54) is 11.8 Å². The molecule has 1 aromatic rings. The Labute approximate surface area is 111 Å². The van der Waals surface area contributed by atoms with E-state index in [0.717, 1.165) is 5.56 Å². The third-order valence-electron chi connectivity index (χ3n) is 2.46. The lowest BCUT2D eigenvalue weighted by atomic mass is 10.0. The highest BCUT2D eigenvalue weighted by Gasteiger charge is 2.13. The van der Waals surface area contributed by atoms with Crippen molar-refractivity contribution in [3.63, 3.8) is 0 Å². The summed E-state index contributed by atoms with van der Waals surface area (Å²) < 4.78 is 0. The summed E-state index contributed by atoms with van der Waals surface area (Å²) in [6.07, 6.45) is 0. The summed E-state index contributed by atoms with van der Waals surface area (Å²) in [4.78, 5) is 22.1. The van der Waals surface area contributed by atoms with Crippen LogP contribution in [-0.2, 0) is 9.59 Å². The number of carboxylic acids is 1. The average Bonchev–Trinajstić information content (AvgIpc) is 2.38. The molecule has 98 valence electrons. The van der Waals surface area contributed by atoms with Gasteiger partial charge in [-0.3, -0.25) is 9.59 Å². The molecule has 0 heterocycles. The molecule has 0 aliphatic carbocycles. The number of carbonyl (C=O) groups is 2. The van der Waals surface area contributed by atoms with Crippen LogP contribution in [0, 0.1) is 0 Å². The van der Waals surface area contributed by atoms with Crippen LogP contribution >= 0.6 is 11.8 Å². The Bertz CT molecular complexity index is 394. The molecule has 2 N–H and O–H groups in total. The van der Waals surface area contributed by atoms with Crippen molar-refractivity contribution >= 4 is 23.6 Å². The van der Waals surface area contributed by atoms with E-state index in [0.29, 0.717) is 12.3 Å². The van der Waals surface area contributed by atoms with Crippen LogP contribution in [0.5, 0.6) is 0 Å². The van der Waals surface area contributed by atoms with Crippen molar-refractivity contribution in [2.24, 2.45) is 0 Å². The number of amides is 1. The summed E-state index contributed by atoms with van der Waals surface area (Å²) in [6, 6.07) is 9.56. The minimum Gasteiger partial charge on any atom is -0.481 e. The predicted molar refractivity (Wildman–Crippen MR) is 72.8 cm³/mol. The van der Waals surface area contributed by atoms with E-state index in [1.54, 1.807) is 0 Å². The van der Waals surface area contributed by atoms with Crippen LogP contribution in [0.25, 0.3) is 0 Å². The Balaban J connectivity index is 2.26. The topological polar surface area (TPSA) is 66.4 Å². The fourth-order valence-electron chi connectivity index (χ4n) is 1.45. The van der Waals surface area contributed by atoms with Gasteiger partial charge in [0.25, 0.3) is 0 Å². The second kappa shape index (κ2) is 7.76. The molecule has 0 unspecified atom stereocenters. The lowest BCUT2D eigenvalue weighted by Crippen LogP contribution is -2.30. The summed E-state index contributed by atoms with van der Waals surface area (Å²) in [5.74, 6) is -0.360. The molecule has 0 bridgehead atoms. The number of hydrogen-bond donors (Lipinski definition) is 2. The fourth-order valence-corrected chi connectivity index (χ4v) is 2.02. The molecule has 0 radical (unpaired) electrons. The van der Waals surface area contributed by atoms with Crippen LogP contribution in [0.15, 0.2) is 30.3 Å². The second-order valence-electron chi connectivity index (χ2n) is 3.87. The number of nitrogens with one attached hydrogen (secondary N) is 1. The van der Waals surface area contributed by atoms with Gasteiger partial charge in [0.05, 0.1) is 11.7 Å². The Morgan fingerprint density at radius 3 is 2.61 bits per heavy atom. The van der Waals surface area contributed by atoms with Crippen LogP contribution in [0.4, 0.5) is 0 Å². The van der Waals surface area contributed by atoms with E-state index in [2.05, 4.69) is 5.32 Å². The summed E-state index contributed by atoms with van der Waals surface area (Å²) in [5.41, 5.74) is 0.980. The molecule has 0 aliphatic rings. The van der Waals surface area contributed by atoms with Crippen molar-refractivity contribution in [3.05, 3.63) is 35.9 Å². The number of carboxylic acid groups (broad SMARTS) is 1. The molecule has 0 aromatic heterocycles. The molecular weight excluding hydrogens is 250 g/mol. The summed E-state index contributed by atoms with van der Waals surface area (Å²) >= 11 is 1.30. The minimum absolute atomic E-state index is 0.0304. The van der Waals surface area contributed by atoms with Gasteiger partial charge in [0.1, 0.15) is 0 Å². The van der Waals surface area contributed by atoms with Crippen molar-refractivity contribution in [2.75, 3.05) is 18.1 Å². The first-order chi connectivity index (χ1) is 8.61. The van der Waals surface area contributed by atoms with Gasteiger partial charge in [-0.05, 0) is 12.5 Å². The van der Waals surface area contributed by atoms with Crippen LogP contribution in [0.3, 0.4) is 0 Å². The predicted octanol–water partition coefficient (Wildman–Crippen LogP) is 1.72. The molecule has 5 heteroatoms. The number of aliphatic carboxylic acids is 1. The van der Waals surface area contributed by atoms with Gasteiger partial charge in [0.2, 0.25) is 5.91 Å². The Hall–Kier alpha value is -1.49. The number of hydrogen-bond acceptors (Lipinski definition) is 3. The van der Waals surface area contributed by atoms with Gasteiger partial charge in [0, 0.05) is 12.3 Å². The maximum atomic E-state index is 11.8. The van der Waals surface area contributed by atoms with Gasteiger partial charge < -0.3 is 10.4 Å².